The number of hydrogen-bond donors (Lipinski definition) is 3. The highest BCUT2D eigenvalue weighted by atomic mass is 19.1. The number of nitrogens with zero attached hydrogens (tertiary/aromatic N) is 2. The van der Waals surface area contributed by atoms with Crippen LogP contribution in [0.2, 0.25) is 0 Å². The molecule has 4 rings (SSSR count). The minimum absolute atomic E-state index is 0.0194. The van der Waals surface area contributed by atoms with Gasteiger partial charge in [-0.05, 0) is 55.7 Å². The molecule has 9 heteroatoms. The fourth-order valence-corrected chi connectivity index (χ4v) is 5.36. The summed E-state index contributed by atoms with van der Waals surface area (Å²) < 4.78 is 13.0. The predicted molar refractivity (Wildman–Crippen MR) is 129 cm³/mol. The number of carboxylic acid groups (broad SMARTS) is 1. The number of amides is 2. The normalized spacial score (nSPS) is 25.1. The van der Waals surface area contributed by atoms with Gasteiger partial charge in [-0.25, -0.2) is 14.2 Å². The van der Waals surface area contributed by atoms with E-state index in [1.54, 1.807) is 4.90 Å². The lowest BCUT2D eigenvalue weighted by Gasteiger charge is -2.34. The summed E-state index contributed by atoms with van der Waals surface area (Å²) in [5.41, 5.74) is 6.87. The van der Waals surface area contributed by atoms with Crippen LogP contribution in [0.15, 0.2) is 48.7 Å². The van der Waals surface area contributed by atoms with Gasteiger partial charge in [-0.3, -0.25) is 9.59 Å². The number of hydrogen-bond acceptors (Lipinski definition) is 5. The number of likely N-dealkylation sites (tertiary alicyclic amines) is 1. The second-order valence-electron chi connectivity index (χ2n) is 9.44. The van der Waals surface area contributed by atoms with Crippen molar-refractivity contribution in [3.8, 4) is 0 Å². The fourth-order valence-electron chi connectivity index (χ4n) is 5.36. The Labute approximate surface area is 203 Å². The molecule has 0 bridgehead atoms. The Morgan fingerprint density at radius 3 is 2.40 bits per heavy atom. The van der Waals surface area contributed by atoms with Crippen molar-refractivity contribution in [2.24, 2.45) is 17.6 Å². The van der Waals surface area contributed by atoms with Crippen LogP contribution < -0.4 is 11.1 Å². The molecule has 1 aromatic carbocycles. The van der Waals surface area contributed by atoms with E-state index in [2.05, 4.69) is 10.3 Å². The molecule has 1 saturated carbocycles. The summed E-state index contributed by atoms with van der Waals surface area (Å²) in [6.45, 7) is -0.0936. The van der Waals surface area contributed by atoms with Crippen molar-refractivity contribution in [1.29, 1.82) is 0 Å². The number of alkyl halides is 1. The Morgan fingerprint density at radius 2 is 1.80 bits per heavy atom. The van der Waals surface area contributed by atoms with Crippen LogP contribution in [0.4, 0.5) is 10.2 Å². The maximum atomic E-state index is 13.6. The number of benzene rings is 1. The van der Waals surface area contributed by atoms with Crippen molar-refractivity contribution < 1.29 is 23.9 Å². The lowest BCUT2D eigenvalue weighted by atomic mass is 9.78. The highest BCUT2D eigenvalue weighted by Crippen LogP contribution is 2.38. The summed E-state index contributed by atoms with van der Waals surface area (Å²) in [4.78, 5) is 43.9. The van der Waals surface area contributed by atoms with Gasteiger partial charge in [-0.1, -0.05) is 30.3 Å². The first-order chi connectivity index (χ1) is 16.9. The molecule has 0 spiro atoms. The molecule has 1 aliphatic heterocycles. The van der Waals surface area contributed by atoms with Gasteiger partial charge in [0.15, 0.2) is 0 Å². The van der Waals surface area contributed by atoms with Crippen molar-refractivity contribution >= 4 is 23.6 Å². The van der Waals surface area contributed by atoms with Crippen molar-refractivity contribution in [2.75, 3.05) is 18.5 Å². The molecule has 0 radical (unpaired) electrons. The maximum Gasteiger partial charge on any atom is 0.337 e. The molecule has 2 amide bonds. The van der Waals surface area contributed by atoms with Crippen LogP contribution >= 0.6 is 0 Å². The standard InChI is InChI=1S/C26H31FN4O4/c27-14-21(28)17-6-8-18(9-7-17)25(33)31-13-12-20(16-4-2-1-3-5-16)23(31)24(32)30-22-11-10-19(15-29-22)26(34)35/h1-5,10-11,15,17-18,20-21,23H,6-9,12-14,28H2,(H,34,35)(H,29,30,32)/t17?,18?,20?,21?,23-/m0/s1. The number of carbonyl (C=O) groups excluding carboxylic acids is 2. The number of rotatable bonds is 7. The molecule has 1 saturated heterocycles. The average molecular weight is 483 g/mol. The molecule has 1 aromatic heterocycles. The van der Waals surface area contributed by atoms with Gasteiger partial charge in [0.25, 0.3) is 0 Å². The van der Waals surface area contributed by atoms with Crippen LogP contribution in [0.25, 0.3) is 0 Å². The van der Waals surface area contributed by atoms with Gasteiger partial charge < -0.3 is 21.1 Å². The maximum absolute atomic E-state index is 13.6. The summed E-state index contributed by atoms with van der Waals surface area (Å²) in [5.74, 6) is -1.58. The minimum Gasteiger partial charge on any atom is -0.478 e. The van der Waals surface area contributed by atoms with E-state index in [0.29, 0.717) is 38.6 Å². The van der Waals surface area contributed by atoms with E-state index in [1.807, 2.05) is 30.3 Å². The summed E-state index contributed by atoms with van der Waals surface area (Å²) in [7, 11) is 0. The van der Waals surface area contributed by atoms with Crippen molar-refractivity contribution in [2.45, 2.75) is 50.1 Å². The number of nitrogens with two attached hydrogens (primary N) is 1. The molecular formula is C26H31FN4O4. The summed E-state index contributed by atoms with van der Waals surface area (Å²) in [5, 5.41) is 11.8. The molecule has 2 unspecified atom stereocenters. The SMILES string of the molecule is NC(CF)C1CCC(C(=O)N2CCC(c3ccccc3)[C@H]2C(=O)Nc2ccc(C(=O)O)cn2)CC1. The zero-order valence-electron chi connectivity index (χ0n) is 19.5. The Bertz CT molecular complexity index is 1040. The highest BCUT2D eigenvalue weighted by Gasteiger charge is 2.44. The third-order valence-electron chi connectivity index (χ3n) is 7.34. The van der Waals surface area contributed by atoms with Crippen molar-refractivity contribution in [3.05, 3.63) is 59.8 Å². The third-order valence-corrected chi connectivity index (χ3v) is 7.34. The minimum atomic E-state index is -1.10. The van der Waals surface area contributed by atoms with Gasteiger partial charge in [0.05, 0.1) is 5.56 Å². The summed E-state index contributed by atoms with van der Waals surface area (Å²) >= 11 is 0. The molecule has 2 aliphatic rings. The average Bonchev–Trinajstić information content (AvgIpc) is 3.34. The molecule has 35 heavy (non-hydrogen) atoms. The quantitative estimate of drug-likeness (QED) is 0.556. The highest BCUT2D eigenvalue weighted by molar-refractivity contribution is 5.98. The van der Waals surface area contributed by atoms with Crippen LogP contribution in [0, 0.1) is 11.8 Å². The van der Waals surface area contributed by atoms with E-state index in [9.17, 15) is 18.8 Å². The number of carboxylic acids is 1. The second-order valence-corrected chi connectivity index (χ2v) is 9.44. The largest absolute Gasteiger partial charge is 0.478 e. The van der Waals surface area contributed by atoms with Crippen LogP contribution in [-0.2, 0) is 9.59 Å². The van der Waals surface area contributed by atoms with E-state index in [-0.39, 0.29) is 40.9 Å². The monoisotopic (exact) mass is 482 g/mol. The number of aromatic carboxylic acids is 1. The van der Waals surface area contributed by atoms with Crippen molar-refractivity contribution in [3.63, 3.8) is 0 Å². The van der Waals surface area contributed by atoms with E-state index in [1.165, 1.54) is 18.3 Å². The predicted octanol–water partition coefficient (Wildman–Crippen LogP) is 3.21. The van der Waals surface area contributed by atoms with Crippen LogP contribution in [0.3, 0.4) is 0 Å². The van der Waals surface area contributed by atoms with Gasteiger partial charge in [-0.2, -0.15) is 0 Å². The first kappa shape index (κ1) is 24.8. The number of pyridine rings is 1. The molecule has 1 aliphatic carbocycles. The molecule has 2 heterocycles. The van der Waals surface area contributed by atoms with Gasteiger partial charge in [-0.15, -0.1) is 0 Å². The number of carbonyl (C=O) groups is 3. The smallest absolute Gasteiger partial charge is 0.337 e. The van der Waals surface area contributed by atoms with Gasteiger partial charge in [0.1, 0.15) is 18.5 Å². The number of nitrogens with one attached hydrogen (secondary N) is 1. The summed E-state index contributed by atoms with van der Waals surface area (Å²) in [6.07, 6.45) is 4.51. The zero-order valence-corrected chi connectivity index (χ0v) is 19.5. The fraction of sp³-hybridized carbons (Fsp3) is 0.462. The van der Waals surface area contributed by atoms with E-state index < -0.39 is 24.7 Å². The van der Waals surface area contributed by atoms with Crippen LogP contribution in [0.1, 0.15) is 53.9 Å². The Morgan fingerprint density at radius 1 is 1.09 bits per heavy atom. The van der Waals surface area contributed by atoms with E-state index in [4.69, 9.17) is 10.8 Å². The number of halogens is 1. The lowest BCUT2D eigenvalue weighted by molar-refractivity contribution is -0.141. The Kier molecular flexibility index (Phi) is 7.75. The van der Waals surface area contributed by atoms with Crippen LogP contribution in [0.5, 0.6) is 0 Å². The Hall–Kier alpha value is -3.33. The Balaban J connectivity index is 1.52. The summed E-state index contributed by atoms with van der Waals surface area (Å²) in [6, 6.07) is 11.3. The van der Waals surface area contributed by atoms with Gasteiger partial charge in [0, 0.05) is 30.6 Å². The first-order valence-electron chi connectivity index (χ1n) is 12.1. The number of anilines is 1. The molecule has 8 nitrogen and oxygen atoms in total. The van der Waals surface area contributed by atoms with E-state index in [0.717, 1.165) is 5.56 Å². The molecule has 2 fully saturated rings. The van der Waals surface area contributed by atoms with Gasteiger partial charge in [0.2, 0.25) is 11.8 Å². The molecule has 3 atom stereocenters. The van der Waals surface area contributed by atoms with Crippen molar-refractivity contribution in [1.82, 2.24) is 9.88 Å². The molecule has 4 N–H and O–H groups in total. The van der Waals surface area contributed by atoms with E-state index >= 15 is 0 Å². The van der Waals surface area contributed by atoms with Crippen LogP contribution in [-0.4, -0.2) is 58.1 Å². The molecule has 186 valence electrons. The first-order valence-corrected chi connectivity index (χ1v) is 12.1. The molecule has 2 aromatic rings. The number of aromatic nitrogens is 1. The third kappa shape index (κ3) is 5.51. The lowest BCUT2D eigenvalue weighted by Crippen LogP contribution is -2.48. The molecular weight excluding hydrogens is 451 g/mol. The zero-order chi connectivity index (χ0) is 24.9. The van der Waals surface area contributed by atoms with Gasteiger partial charge >= 0.3 is 5.97 Å². The second kappa shape index (κ2) is 10.9. The topological polar surface area (TPSA) is 126 Å².